The second kappa shape index (κ2) is 13.3. The summed E-state index contributed by atoms with van der Waals surface area (Å²) in [7, 11) is 5.57. The van der Waals surface area contributed by atoms with E-state index in [-0.39, 0.29) is 40.1 Å². The smallest absolute Gasteiger partial charge is 0.559 e. The van der Waals surface area contributed by atoms with Crippen LogP contribution in [0.15, 0.2) is 54.6 Å². The second-order valence-corrected chi connectivity index (χ2v) is 7.85. The van der Waals surface area contributed by atoms with Crippen molar-refractivity contribution in [1.82, 2.24) is 9.62 Å². The van der Waals surface area contributed by atoms with Crippen molar-refractivity contribution in [1.29, 1.82) is 0 Å². The van der Waals surface area contributed by atoms with Crippen LogP contribution in [0.5, 0.6) is 0 Å². The molecule has 6 nitrogen and oxygen atoms in total. The molecule has 2 aromatic carbocycles. The molecule has 0 aromatic heterocycles. The van der Waals surface area contributed by atoms with Crippen LogP contribution in [-0.2, 0) is 21.1 Å². The quantitative estimate of drug-likeness (QED) is 0.389. The average molecular weight is 606 g/mol. The minimum absolute atomic E-state index is 0. The summed E-state index contributed by atoms with van der Waals surface area (Å²) in [5, 5.41) is 17.1. The molecule has 2 N–H and O–H groups in total. The molecule has 2 unspecified atom stereocenters. The van der Waals surface area contributed by atoms with Crippen molar-refractivity contribution in [3.05, 3.63) is 67.3 Å². The van der Waals surface area contributed by atoms with E-state index in [1.165, 1.54) is 4.81 Å². The van der Waals surface area contributed by atoms with Gasteiger partial charge >= 0.3 is 34.8 Å². The zero-order valence-corrected chi connectivity index (χ0v) is 21.1. The molecule has 0 aliphatic carbocycles. The number of aliphatic hydroxyl groups is 2. The molecule has 0 radical (unpaired) electrons. The molecule has 170 valence electrons. The largest absolute Gasteiger partial charge is 2.00 e. The van der Waals surface area contributed by atoms with E-state index in [0.717, 1.165) is 11.4 Å². The van der Waals surface area contributed by atoms with Gasteiger partial charge in [-0.15, -0.1) is 5.69 Å². The van der Waals surface area contributed by atoms with Gasteiger partial charge in [0.25, 0.3) is 0 Å². The third-order valence-corrected chi connectivity index (χ3v) is 4.72. The number of para-hydroxylation sites is 2. The normalized spacial score (nSPS) is 17.4. The van der Waals surface area contributed by atoms with Crippen LogP contribution in [0.2, 0.25) is 0 Å². The summed E-state index contributed by atoms with van der Waals surface area (Å²) < 4.78 is 23.8. The second-order valence-electron chi connectivity index (χ2n) is 7.85. The maximum Gasteiger partial charge on any atom is 2.00 e. The summed E-state index contributed by atoms with van der Waals surface area (Å²) in [5.41, 5.74) is 1.84. The number of aliphatic hydroxyl groups excluding tert-OH is 2. The van der Waals surface area contributed by atoms with E-state index < -0.39 is 13.8 Å². The molecule has 31 heavy (non-hydrogen) atoms. The van der Waals surface area contributed by atoms with Crippen LogP contribution >= 0.6 is 0 Å². The van der Waals surface area contributed by atoms with Crippen LogP contribution in [0.25, 0.3) is 0 Å². The average Bonchev–Trinajstić information content (AvgIpc) is 3.14. The number of anilines is 2. The molecule has 0 amide bonds. The standard InChI is InChI=1S/C17H22B2N4.C5H12O2.Pt/c1-20(2)18-19(21(3)4)23(17-13-9-6-10-14-17)15-22(18)16-11-7-5-8-12-16;1-4(6)3-5(2)7;/h5-13,15H,1-4H3;4-7H,3H2,1-2H3;/q-2;;+2/i1D3;;. The summed E-state index contributed by atoms with van der Waals surface area (Å²) in [4.78, 5) is 7.56. The van der Waals surface area contributed by atoms with Crippen molar-refractivity contribution in [2.24, 2.45) is 0 Å². The Morgan fingerprint density at radius 1 is 0.968 bits per heavy atom. The maximum atomic E-state index is 8.56. The van der Waals surface area contributed by atoms with Crippen LogP contribution in [0, 0.1) is 12.7 Å². The van der Waals surface area contributed by atoms with Crippen molar-refractivity contribution in [2.75, 3.05) is 37.7 Å². The first-order valence-corrected chi connectivity index (χ1v) is 10.1. The van der Waals surface area contributed by atoms with Crippen LogP contribution in [-0.4, -0.2) is 73.9 Å². The van der Waals surface area contributed by atoms with Gasteiger partial charge in [0.05, 0.1) is 12.2 Å². The van der Waals surface area contributed by atoms with Gasteiger partial charge in [0, 0.05) is 4.11 Å². The third kappa shape index (κ3) is 7.96. The first-order valence-electron chi connectivity index (χ1n) is 11.6. The predicted molar refractivity (Wildman–Crippen MR) is 128 cm³/mol. The van der Waals surface area contributed by atoms with Gasteiger partial charge in [0.2, 0.25) is 0 Å². The van der Waals surface area contributed by atoms with Gasteiger partial charge in [-0.25, -0.2) is 0 Å². The molecule has 3 rings (SSSR count). The number of nitrogens with zero attached hydrogens (tertiary/aromatic N) is 4. The van der Waals surface area contributed by atoms with E-state index in [2.05, 4.69) is 10.9 Å². The Balaban J connectivity index is 0.000000633. The van der Waals surface area contributed by atoms with Crippen LogP contribution < -0.4 is 9.62 Å². The van der Waals surface area contributed by atoms with Crippen molar-refractivity contribution in [2.45, 2.75) is 32.5 Å². The van der Waals surface area contributed by atoms with Crippen molar-refractivity contribution in [3.8, 4) is 0 Å². The van der Waals surface area contributed by atoms with Crippen molar-refractivity contribution < 1.29 is 35.4 Å². The van der Waals surface area contributed by atoms with Gasteiger partial charge in [-0.05, 0) is 66.2 Å². The van der Waals surface area contributed by atoms with Crippen LogP contribution in [0.1, 0.15) is 24.4 Å². The summed E-state index contributed by atoms with van der Waals surface area (Å²) in [6.45, 7) is 2.49. The number of rotatable bonds is 6. The molecule has 1 saturated heterocycles. The van der Waals surface area contributed by atoms with Gasteiger partial charge in [0.1, 0.15) is 0 Å². The number of hydrogen-bond donors (Lipinski definition) is 2. The monoisotopic (exact) mass is 606 g/mol. The van der Waals surface area contributed by atoms with E-state index in [9.17, 15) is 0 Å². The first kappa shape index (κ1) is 22.9. The van der Waals surface area contributed by atoms with E-state index >= 15 is 0 Å². The van der Waals surface area contributed by atoms with E-state index in [1.807, 2.05) is 85.0 Å². The molecule has 1 aliphatic heterocycles. The summed E-state index contributed by atoms with van der Waals surface area (Å²) in [6.07, 6.45) is -0.278. The SMILES string of the molecule is CC(O)CC(C)O.[2H]C([2H])([2H])N(C)B1B(N(C)C)N(c2[c-]cccc2)[CH-]N1c1ccccc1.[Pt+2]. The first-order chi connectivity index (χ1) is 15.4. The van der Waals surface area contributed by atoms with Crippen LogP contribution in [0.3, 0.4) is 0 Å². The molecule has 1 aliphatic rings. The van der Waals surface area contributed by atoms with Crippen molar-refractivity contribution in [3.63, 3.8) is 0 Å². The molecular weight excluding hydrogens is 569 g/mol. The van der Waals surface area contributed by atoms with E-state index in [4.69, 9.17) is 14.3 Å². The van der Waals surface area contributed by atoms with Gasteiger partial charge < -0.3 is 29.5 Å². The van der Waals surface area contributed by atoms with Gasteiger partial charge in [-0.3, -0.25) is 0 Å². The molecule has 2 aromatic rings. The predicted octanol–water partition coefficient (Wildman–Crippen LogP) is 2.25. The summed E-state index contributed by atoms with van der Waals surface area (Å²) in [5.74, 6) is 0. The topological polar surface area (TPSA) is 53.4 Å². The molecule has 1 heterocycles. The van der Waals surface area contributed by atoms with Crippen molar-refractivity contribution >= 4 is 25.1 Å². The molecule has 0 spiro atoms. The van der Waals surface area contributed by atoms with E-state index in [1.54, 1.807) is 20.9 Å². The van der Waals surface area contributed by atoms with Crippen LogP contribution in [0.4, 0.5) is 11.4 Å². The number of benzene rings is 2. The fraction of sp³-hybridized carbons (Fsp3) is 0.409. The Kier molecular flexibility index (Phi) is 9.81. The Bertz CT molecular complexity index is 830. The van der Waals surface area contributed by atoms with Gasteiger partial charge in [-0.2, -0.15) is 37.0 Å². The summed E-state index contributed by atoms with van der Waals surface area (Å²) in [6, 6.07) is 20.8. The van der Waals surface area contributed by atoms with E-state index in [0.29, 0.717) is 6.42 Å². The molecule has 9 heteroatoms. The molecule has 2 atom stereocenters. The minimum Gasteiger partial charge on any atom is -0.559 e. The Labute approximate surface area is 207 Å². The fourth-order valence-corrected chi connectivity index (χ4v) is 3.52. The minimum atomic E-state index is -2.21. The molecule has 1 fully saturated rings. The Hall–Kier alpha value is -1.30. The molecule has 0 saturated carbocycles. The Morgan fingerprint density at radius 3 is 2.00 bits per heavy atom. The molecular formula is C22H34B2N4O2Pt. The number of hydrogen-bond acceptors (Lipinski definition) is 6. The Morgan fingerprint density at radius 2 is 1.55 bits per heavy atom. The molecule has 0 bridgehead atoms. The fourth-order valence-electron chi connectivity index (χ4n) is 3.52. The van der Waals surface area contributed by atoms with Gasteiger partial charge in [-0.1, -0.05) is 18.2 Å². The zero-order valence-electron chi connectivity index (χ0n) is 21.8. The zero-order chi connectivity index (χ0) is 24.8. The van der Waals surface area contributed by atoms with Gasteiger partial charge in [0.15, 0.2) is 0 Å². The third-order valence-electron chi connectivity index (χ3n) is 4.72. The summed E-state index contributed by atoms with van der Waals surface area (Å²) >= 11 is 0. The maximum absolute atomic E-state index is 8.56.